The van der Waals surface area contributed by atoms with Crippen LogP contribution in [0.3, 0.4) is 0 Å². The van der Waals surface area contributed by atoms with Crippen molar-refractivity contribution in [2.24, 2.45) is 0 Å². The summed E-state index contributed by atoms with van der Waals surface area (Å²) >= 11 is 0. The third-order valence-electron chi connectivity index (χ3n) is 5.18. The number of nitrogens with zero attached hydrogens (tertiary/aromatic N) is 5. The van der Waals surface area contributed by atoms with Crippen LogP contribution in [-0.4, -0.2) is 63.6 Å². The highest BCUT2D eigenvalue weighted by molar-refractivity contribution is 5.97. The third-order valence-corrected chi connectivity index (χ3v) is 5.18. The van der Waals surface area contributed by atoms with Crippen LogP contribution in [0.4, 0.5) is 5.95 Å². The van der Waals surface area contributed by atoms with Crippen molar-refractivity contribution in [3.8, 4) is 0 Å². The Labute approximate surface area is 156 Å². The molecule has 8 heteroatoms. The summed E-state index contributed by atoms with van der Waals surface area (Å²) in [5, 5.41) is 0. The van der Waals surface area contributed by atoms with Crippen LogP contribution in [0.25, 0.3) is 11.0 Å². The Morgan fingerprint density at radius 2 is 2.04 bits per heavy atom. The Bertz CT molecular complexity index is 995. The molecular formula is C19H20N6O2. The number of anilines is 1. The van der Waals surface area contributed by atoms with E-state index in [1.54, 1.807) is 6.33 Å². The molecule has 2 aliphatic heterocycles. The van der Waals surface area contributed by atoms with Gasteiger partial charge in [-0.15, -0.1) is 0 Å². The zero-order valence-corrected chi connectivity index (χ0v) is 14.9. The maximum absolute atomic E-state index is 13.0. The molecule has 0 radical (unpaired) electrons. The number of hydrogen-bond acceptors (Lipinski definition) is 6. The number of aromatic amines is 1. The number of aromatic nitrogens is 4. The van der Waals surface area contributed by atoms with Crippen molar-refractivity contribution in [3.63, 3.8) is 0 Å². The number of morpholine rings is 1. The van der Waals surface area contributed by atoms with Gasteiger partial charge in [-0.05, 0) is 30.2 Å². The number of nitrogens with one attached hydrogen (secondary N) is 1. The molecule has 1 N–H and O–H groups in total. The van der Waals surface area contributed by atoms with Gasteiger partial charge in [-0.2, -0.15) is 0 Å². The standard InChI is InChI=1S/C19H20N6O2/c26-18(13-1-2-15-16(9-13)22-12-21-15)25-4-3-14-10-20-19(23-17(14)11-25)24-5-7-27-8-6-24/h1-2,9-10,12H,3-8,11H2,(H,21,22). The minimum absolute atomic E-state index is 0.0173. The molecule has 0 aliphatic carbocycles. The van der Waals surface area contributed by atoms with Crippen molar-refractivity contribution in [3.05, 3.63) is 47.5 Å². The van der Waals surface area contributed by atoms with Gasteiger partial charge in [0.25, 0.3) is 5.91 Å². The highest BCUT2D eigenvalue weighted by atomic mass is 16.5. The highest BCUT2D eigenvalue weighted by Gasteiger charge is 2.25. The van der Waals surface area contributed by atoms with E-state index in [9.17, 15) is 4.79 Å². The predicted octanol–water partition coefficient (Wildman–Crippen LogP) is 1.39. The van der Waals surface area contributed by atoms with Gasteiger partial charge < -0.3 is 19.5 Å². The lowest BCUT2D eigenvalue weighted by molar-refractivity contribution is 0.0732. The minimum Gasteiger partial charge on any atom is -0.378 e. The molecule has 4 heterocycles. The van der Waals surface area contributed by atoms with Crippen molar-refractivity contribution in [1.29, 1.82) is 0 Å². The van der Waals surface area contributed by atoms with Crippen molar-refractivity contribution < 1.29 is 9.53 Å². The molecule has 0 unspecified atom stereocenters. The number of fused-ring (bicyclic) bond motifs is 2. The summed E-state index contributed by atoms with van der Waals surface area (Å²) in [6, 6.07) is 5.56. The quantitative estimate of drug-likeness (QED) is 0.739. The van der Waals surface area contributed by atoms with Crippen LogP contribution in [-0.2, 0) is 17.7 Å². The Morgan fingerprint density at radius 3 is 2.93 bits per heavy atom. The van der Waals surface area contributed by atoms with Gasteiger partial charge in [0.15, 0.2) is 0 Å². The zero-order chi connectivity index (χ0) is 18.2. The molecule has 1 amide bonds. The number of benzene rings is 1. The Balaban J connectivity index is 1.38. The molecule has 0 saturated carbocycles. The van der Waals surface area contributed by atoms with E-state index in [1.807, 2.05) is 29.3 Å². The number of H-pyrrole nitrogens is 1. The molecule has 27 heavy (non-hydrogen) atoms. The lowest BCUT2D eigenvalue weighted by Crippen LogP contribution is -2.39. The number of carbonyl (C=O) groups excluding carboxylic acids is 1. The van der Waals surface area contributed by atoms with Crippen LogP contribution in [0.2, 0.25) is 0 Å². The highest BCUT2D eigenvalue weighted by Crippen LogP contribution is 2.22. The predicted molar refractivity (Wildman–Crippen MR) is 99.6 cm³/mol. The fourth-order valence-electron chi connectivity index (χ4n) is 3.63. The van der Waals surface area contributed by atoms with Gasteiger partial charge in [-0.25, -0.2) is 15.0 Å². The summed E-state index contributed by atoms with van der Waals surface area (Å²) in [5.41, 5.74) is 4.46. The van der Waals surface area contributed by atoms with E-state index in [1.165, 1.54) is 0 Å². The van der Waals surface area contributed by atoms with E-state index >= 15 is 0 Å². The molecule has 2 aromatic heterocycles. The number of carbonyl (C=O) groups is 1. The van der Waals surface area contributed by atoms with Gasteiger partial charge in [0, 0.05) is 31.4 Å². The van der Waals surface area contributed by atoms with Crippen LogP contribution in [0.1, 0.15) is 21.6 Å². The summed E-state index contributed by atoms with van der Waals surface area (Å²) in [6.45, 7) is 4.17. The molecule has 5 rings (SSSR count). The van der Waals surface area contributed by atoms with Crippen molar-refractivity contribution >= 4 is 22.9 Å². The molecule has 1 saturated heterocycles. The number of ether oxygens (including phenoxy) is 1. The zero-order valence-electron chi connectivity index (χ0n) is 14.9. The van der Waals surface area contributed by atoms with E-state index in [4.69, 9.17) is 9.72 Å². The van der Waals surface area contributed by atoms with E-state index in [0.29, 0.717) is 31.9 Å². The van der Waals surface area contributed by atoms with Gasteiger partial charge in [0.2, 0.25) is 5.95 Å². The first-order valence-corrected chi connectivity index (χ1v) is 9.18. The second-order valence-electron chi connectivity index (χ2n) is 6.85. The summed E-state index contributed by atoms with van der Waals surface area (Å²) < 4.78 is 5.40. The largest absolute Gasteiger partial charge is 0.378 e. The minimum atomic E-state index is 0.0173. The molecule has 1 aromatic carbocycles. The van der Waals surface area contributed by atoms with Crippen LogP contribution < -0.4 is 4.90 Å². The summed E-state index contributed by atoms with van der Waals surface area (Å²) in [7, 11) is 0. The third kappa shape index (κ3) is 3.02. The van der Waals surface area contributed by atoms with Gasteiger partial charge in [-0.1, -0.05) is 0 Å². The van der Waals surface area contributed by atoms with Crippen molar-refractivity contribution in [2.75, 3.05) is 37.7 Å². The molecule has 1 fully saturated rings. The number of hydrogen-bond donors (Lipinski definition) is 1. The lowest BCUT2D eigenvalue weighted by atomic mass is 10.1. The smallest absolute Gasteiger partial charge is 0.254 e. The first kappa shape index (κ1) is 16.2. The fraction of sp³-hybridized carbons (Fsp3) is 0.368. The summed E-state index contributed by atoms with van der Waals surface area (Å²) in [5.74, 6) is 0.744. The molecule has 3 aromatic rings. The Morgan fingerprint density at radius 1 is 1.15 bits per heavy atom. The lowest BCUT2D eigenvalue weighted by Gasteiger charge is -2.30. The van der Waals surface area contributed by atoms with Crippen molar-refractivity contribution in [1.82, 2.24) is 24.8 Å². The Hall–Kier alpha value is -3.00. The number of amides is 1. The second kappa shape index (κ2) is 6.62. The van der Waals surface area contributed by atoms with Crippen LogP contribution in [0.15, 0.2) is 30.7 Å². The fourth-order valence-corrected chi connectivity index (χ4v) is 3.63. The van der Waals surface area contributed by atoms with E-state index in [-0.39, 0.29) is 5.91 Å². The number of rotatable bonds is 2. The molecule has 2 aliphatic rings. The summed E-state index contributed by atoms with van der Waals surface area (Å²) in [6.07, 6.45) is 4.32. The molecule has 0 bridgehead atoms. The monoisotopic (exact) mass is 364 g/mol. The first-order chi connectivity index (χ1) is 13.3. The van der Waals surface area contributed by atoms with Gasteiger partial charge in [-0.3, -0.25) is 4.79 Å². The van der Waals surface area contributed by atoms with Gasteiger partial charge in [0.05, 0.1) is 42.8 Å². The topological polar surface area (TPSA) is 87.2 Å². The molecule has 0 spiro atoms. The average Bonchev–Trinajstić information content (AvgIpc) is 3.21. The maximum atomic E-state index is 13.0. The Kier molecular flexibility index (Phi) is 3.97. The average molecular weight is 364 g/mol. The molecule has 0 atom stereocenters. The SMILES string of the molecule is O=C(c1ccc2nc[nH]c2c1)N1CCc2cnc(N3CCOCC3)nc2C1. The van der Waals surface area contributed by atoms with E-state index < -0.39 is 0 Å². The van der Waals surface area contributed by atoms with E-state index in [2.05, 4.69) is 19.9 Å². The van der Waals surface area contributed by atoms with Gasteiger partial charge >= 0.3 is 0 Å². The number of imidazole rings is 1. The molecule has 8 nitrogen and oxygen atoms in total. The van der Waals surface area contributed by atoms with Crippen molar-refractivity contribution in [2.45, 2.75) is 13.0 Å². The van der Waals surface area contributed by atoms with Crippen LogP contribution in [0.5, 0.6) is 0 Å². The summed E-state index contributed by atoms with van der Waals surface area (Å²) in [4.78, 5) is 33.5. The normalized spacial score (nSPS) is 17.2. The maximum Gasteiger partial charge on any atom is 0.254 e. The molecular weight excluding hydrogens is 344 g/mol. The van der Waals surface area contributed by atoms with Gasteiger partial charge in [0.1, 0.15) is 0 Å². The first-order valence-electron chi connectivity index (χ1n) is 9.18. The second-order valence-corrected chi connectivity index (χ2v) is 6.85. The van der Waals surface area contributed by atoms with E-state index in [0.717, 1.165) is 47.7 Å². The van der Waals surface area contributed by atoms with Crippen LogP contribution >= 0.6 is 0 Å². The van der Waals surface area contributed by atoms with Crippen LogP contribution in [0, 0.1) is 0 Å². The molecule has 138 valence electrons.